The number of fused-ring (bicyclic) bond motifs is 1. The topological polar surface area (TPSA) is 29.0 Å². The summed E-state index contributed by atoms with van der Waals surface area (Å²) in [5, 5.41) is 1.07. The molecule has 2 heterocycles. The average Bonchev–Trinajstić information content (AvgIpc) is 2.29. The second kappa shape index (κ2) is 3.67. The van der Waals surface area contributed by atoms with E-state index in [-0.39, 0.29) is 5.54 Å². The first kappa shape index (κ1) is 11.0. The molecule has 1 aliphatic heterocycles. The van der Waals surface area contributed by atoms with Gasteiger partial charge in [-0.15, -0.1) is 0 Å². The molecule has 0 unspecified atom stereocenters. The molecular weight excluding hydrogens is 278 g/mol. The van der Waals surface area contributed by atoms with Gasteiger partial charge in [-0.25, -0.2) is 9.97 Å². The fourth-order valence-corrected chi connectivity index (χ4v) is 2.65. The summed E-state index contributed by atoms with van der Waals surface area (Å²) in [5.74, 6) is 0.834. The van der Waals surface area contributed by atoms with Crippen LogP contribution in [0.3, 0.4) is 0 Å². The molecule has 2 aromatic rings. The maximum atomic E-state index is 4.66. The Labute approximate surface area is 109 Å². The smallest absolute Gasteiger partial charge is 0.226 e. The van der Waals surface area contributed by atoms with Gasteiger partial charge < -0.3 is 4.90 Å². The number of hydrogen-bond donors (Lipinski definition) is 0. The van der Waals surface area contributed by atoms with Crippen molar-refractivity contribution in [1.29, 1.82) is 0 Å². The zero-order valence-corrected chi connectivity index (χ0v) is 11.5. The van der Waals surface area contributed by atoms with E-state index in [1.54, 1.807) is 0 Å². The number of halogens is 1. The average molecular weight is 292 g/mol. The summed E-state index contributed by atoms with van der Waals surface area (Å²) < 4.78 is 1.02. The largest absolute Gasteiger partial charge is 0.336 e. The van der Waals surface area contributed by atoms with Crippen LogP contribution >= 0.6 is 15.9 Å². The van der Waals surface area contributed by atoms with Gasteiger partial charge in [0.05, 0.1) is 5.52 Å². The molecule has 4 heteroatoms. The minimum atomic E-state index is 0.189. The van der Waals surface area contributed by atoms with Crippen molar-refractivity contribution in [2.45, 2.75) is 25.8 Å². The number of rotatable bonds is 1. The first-order chi connectivity index (χ1) is 8.08. The molecule has 0 saturated carbocycles. The fourth-order valence-electron chi connectivity index (χ4n) is 2.18. The minimum absolute atomic E-state index is 0.189. The Morgan fingerprint density at radius 3 is 2.82 bits per heavy atom. The first-order valence-electron chi connectivity index (χ1n) is 5.77. The Kier molecular flexibility index (Phi) is 2.36. The molecule has 17 heavy (non-hydrogen) atoms. The Morgan fingerprint density at radius 1 is 1.35 bits per heavy atom. The van der Waals surface area contributed by atoms with E-state index in [0.717, 1.165) is 27.9 Å². The monoisotopic (exact) mass is 291 g/mol. The molecule has 0 radical (unpaired) electrons. The second-order valence-electron chi connectivity index (χ2n) is 5.06. The van der Waals surface area contributed by atoms with Gasteiger partial charge in [-0.2, -0.15) is 0 Å². The lowest BCUT2D eigenvalue weighted by molar-refractivity contribution is 0.326. The highest BCUT2D eigenvalue weighted by Crippen LogP contribution is 2.34. The zero-order valence-electron chi connectivity index (χ0n) is 9.94. The molecule has 3 nitrogen and oxygen atoms in total. The Balaban J connectivity index is 2.11. The van der Waals surface area contributed by atoms with Gasteiger partial charge in [0.1, 0.15) is 0 Å². The summed E-state index contributed by atoms with van der Waals surface area (Å²) in [5.41, 5.74) is 1.18. The number of nitrogens with zero attached hydrogens (tertiary/aromatic N) is 3. The molecular formula is C13H14BrN3. The van der Waals surface area contributed by atoms with Gasteiger partial charge in [0.15, 0.2) is 0 Å². The number of benzene rings is 1. The van der Waals surface area contributed by atoms with E-state index in [9.17, 15) is 0 Å². The van der Waals surface area contributed by atoms with E-state index >= 15 is 0 Å². The molecule has 1 fully saturated rings. The normalized spacial score (nSPS) is 18.2. The van der Waals surface area contributed by atoms with Gasteiger partial charge in [-0.05, 0) is 42.3 Å². The van der Waals surface area contributed by atoms with Crippen LogP contribution in [0.5, 0.6) is 0 Å². The third-order valence-corrected chi connectivity index (χ3v) is 4.11. The van der Waals surface area contributed by atoms with Gasteiger partial charge in [0.25, 0.3) is 0 Å². The quantitative estimate of drug-likeness (QED) is 0.807. The molecule has 0 aliphatic carbocycles. The van der Waals surface area contributed by atoms with Crippen LogP contribution in [0.15, 0.2) is 28.9 Å². The third-order valence-electron chi connectivity index (χ3n) is 3.47. The molecule has 0 atom stereocenters. The Morgan fingerprint density at radius 2 is 2.18 bits per heavy atom. The highest BCUT2D eigenvalue weighted by atomic mass is 79.9. The summed E-state index contributed by atoms with van der Waals surface area (Å²) in [4.78, 5) is 11.4. The van der Waals surface area contributed by atoms with Gasteiger partial charge >= 0.3 is 0 Å². The lowest BCUT2D eigenvalue weighted by Gasteiger charge is -2.48. The van der Waals surface area contributed by atoms with E-state index in [0.29, 0.717) is 0 Å². The van der Waals surface area contributed by atoms with Gasteiger partial charge in [0.2, 0.25) is 5.95 Å². The van der Waals surface area contributed by atoms with Gasteiger partial charge in [0, 0.05) is 28.1 Å². The highest BCUT2D eigenvalue weighted by molar-refractivity contribution is 9.10. The highest BCUT2D eigenvalue weighted by Gasteiger charge is 2.37. The predicted molar refractivity (Wildman–Crippen MR) is 73.3 cm³/mol. The summed E-state index contributed by atoms with van der Waals surface area (Å²) in [6.45, 7) is 5.50. The first-order valence-corrected chi connectivity index (χ1v) is 6.56. The van der Waals surface area contributed by atoms with Crippen LogP contribution in [0.2, 0.25) is 0 Å². The Hall–Kier alpha value is -1.16. The lowest BCUT2D eigenvalue weighted by Crippen LogP contribution is -2.56. The van der Waals surface area contributed by atoms with E-state index in [1.807, 2.05) is 24.4 Å². The predicted octanol–water partition coefficient (Wildman–Crippen LogP) is 3.38. The van der Waals surface area contributed by atoms with Crippen LogP contribution in [0.1, 0.15) is 20.3 Å². The Bertz CT molecular complexity index is 580. The van der Waals surface area contributed by atoms with Crippen LogP contribution in [0, 0.1) is 0 Å². The molecule has 0 bridgehead atoms. The maximum Gasteiger partial charge on any atom is 0.226 e. The van der Waals surface area contributed by atoms with Crippen molar-refractivity contribution in [3.05, 3.63) is 28.9 Å². The van der Waals surface area contributed by atoms with Crippen molar-refractivity contribution in [2.75, 3.05) is 11.4 Å². The van der Waals surface area contributed by atoms with Crippen molar-refractivity contribution in [2.24, 2.45) is 0 Å². The van der Waals surface area contributed by atoms with Crippen molar-refractivity contribution in [1.82, 2.24) is 9.97 Å². The zero-order chi connectivity index (χ0) is 12.0. The molecule has 1 aromatic heterocycles. The van der Waals surface area contributed by atoms with Crippen molar-refractivity contribution >= 4 is 32.8 Å². The molecule has 88 valence electrons. The van der Waals surface area contributed by atoms with Crippen LogP contribution < -0.4 is 4.90 Å². The van der Waals surface area contributed by atoms with E-state index in [2.05, 4.69) is 44.6 Å². The van der Waals surface area contributed by atoms with E-state index in [1.165, 1.54) is 6.42 Å². The molecule has 0 spiro atoms. The third kappa shape index (κ3) is 1.71. The number of para-hydroxylation sites is 1. The van der Waals surface area contributed by atoms with Crippen LogP contribution in [-0.2, 0) is 0 Å². The molecule has 1 aromatic carbocycles. The van der Waals surface area contributed by atoms with Crippen LogP contribution in [0.4, 0.5) is 5.95 Å². The summed E-state index contributed by atoms with van der Waals surface area (Å²) in [6.07, 6.45) is 3.10. The SMILES string of the molecule is CC1(C)CCN1c1ncc2cccc(Br)c2n1. The van der Waals surface area contributed by atoms with Crippen LogP contribution in [0.25, 0.3) is 10.9 Å². The van der Waals surface area contributed by atoms with Crippen LogP contribution in [-0.4, -0.2) is 22.1 Å². The van der Waals surface area contributed by atoms with E-state index in [4.69, 9.17) is 0 Å². The fraction of sp³-hybridized carbons (Fsp3) is 0.385. The lowest BCUT2D eigenvalue weighted by atomic mass is 9.89. The van der Waals surface area contributed by atoms with Crippen molar-refractivity contribution < 1.29 is 0 Å². The molecule has 3 rings (SSSR count). The van der Waals surface area contributed by atoms with Gasteiger partial charge in [-0.1, -0.05) is 12.1 Å². The molecule has 0 N–H and O–H groups in total. The van der Waals surface area contributed by atoms with Crippen molar-refractivity contribution in [3.63, 3.8) is 0 Å². The molecule has 1 aliphatic rings. The number of hydrogen-bond acceptors (Lipinski definition) is 3. The summed E-state index contributed by atoms with van der Waals surface area (Å²) >= 11 is 3.54. The molecule has 0 amide bonds. The van der Waals surface area contributed by atoms with Gasteiger partial charge in [-0.3, -0.25) is 0 Å². The standard InChI is InChI=1S/C13H14BrN3/c1-13(2)6-7-17(13)12-15-8-9-4-3-5-10(14)11(9)16-12/h3-5,8H,6-7H2,1-2H3. The number of anilines is 1. The maximum absolute atomic E-state index is 4.66. The summed E-state index contributed by atoms with van der Waals surface area (Å²) in [6, 6.07) is 6.05. The summed E-state index contributed by atoms with van der Waals surface area (Å²) in [7, 11) is 0. The minimum Gasteiger partial charge on any atom is -0.336 e. The number of aromatic nitrogens is 2. The van der Waals surface area contributed by atoms with Crippen molar-refractivity contribution in [3.8, 4) is 0 Å². The van der Waals surface area contributed by atoms with E-state index < -0.39 is 0 Å². The second-order valence-corrected chi connectivity index (χ2v) is 5.92. The molecule has 1 saturated heterocycles.